The topological polar surface area (TPSA) is 58.9 Å². The molecular formula is C11H9N2O2. The van der Waals surface area contributed by atoms with Crippen molar-refractivity contribution in [2.24, 2.45) is 0 Å². The minimum atomic E-state index is -0.484. The minimum Gasteiger partial charge on any atom is -0.361 e. The van der Waals surface area contributed by atoms with E-state index >= 15 is 0 Å². The normalized spacial score (nSPS) is 11.3. The summed E-state index contributed by atoms with van der Waals surface area (Å²) in [5.74, 6) is 0. The van der Waals surface area contributed by atoms with Gasteiger partial charge in [-0.25, -0.2) is 0 Å². The Balaban J connectivity index is 2.49. The number of aromatic nitrogens is 1. The predicted octanol–water partition coefficient (Wildman–Crippen LogP) is 2.60. The quantitative estimate of drug-likeness (QED) is 0.599. The molecule has 0 fully saturated rings. The molecule has 1 radical (unpaired) electrons. The molecule has 2 rings (SSSR count). The summed E-state index contributed by atoms with van der Waals surface area (Å²) in [6, 6.07) is 5.60. The van der Waals surface area contributed by atoms with Crippen LogP contribution in [0.25, 0.3) is 17.0 Å². The molecular weight excluding hydrogens is 192 g/mol. The molecule has 1 aromatic heterocycles. The Hall–Kier alpha value is -2.10. The van der Waals surface area contributed by atoms with Crippen LogP contribution in [0, 0.1) is 17.0 Å². The van der Waals surface area contributed by atoms with Gasteiger partial charge >= 0.3 is 0 Å². The van der Waals surface area contributed by atoms with E-state index in [0.717, 1.165) is 28.2 Å². The Labute approximate surface area is 86.4 Å². The second-order valence-corrected chi connectivity index (χ2v) is 3.22. The van der Waals surface area contributed by atoms with E-state index in [-0.39, 0.29) is 0 Å². The molecule has 0 spiro atoms. The molecule has 0 unspecified atom stereocenters. The summed E-state index contributed by atoms with van der Waals surface area (Å²) in [6.07, 6.45) is 4.19. The number of benzene rings is 1. The number of hydrogen-bond donors (Lipinski definition) is 1. The van der Waals surface area contributed by atoms with Crippen molar-refractivity contribution in [2.45, 2.75) is 0 Å². The number of fused-ring (bicyclic) bond motifs is 1. The van der Waals surface area contributed by atoms with E-state index in [1.54, 1.807) is 0 Å². The van der Waals surface area contributed by atoms with Gasteiger partial charge in [0.1, 0.15) is 0 Å². The van der Waals surface area contributed by atoms with Crippen molar-refractivity contribution in [3.05, 3.63) is 58.8 Å². The lowest BCUT2D eigenvalue weighted by molar-refractivity contribution is -0.400. The zero-order chi connectivity index (χ0) is 10.8. The highest BCUT2D eigenvalue weighted by atomic mass is 16.6. The van der Waals surface area contributed by atoms with E-state index in [2.05, 4.69) is 11.9 Å². The predicted molar refractivity (Wildman–Crippen MR) is 58.8 cm³/mol. The highest BCUT2D eigenvalue weighted by Crippen LogP contribution is 2.19. The van der Waals surface area contributed by atoms with Crippen LogP contribution in [-0.2, 0) is 0 Å². The molecule has 0 saturated carbocycles. The summed E-state index contributed by atoms with van der Waals surface area (Å²) in [5, 5.41) is 11.2. The standard InChI is InChI=1S/C11H9N2O2/c1-8-6-9(3-5-13(14)15)7-11-10(8)2-4-12-11/h2-7,12H,1H2/b5-3+. The van der Waals surface area contributed by atoms with Gasteiger partial charge in [0.25, 0.3) is 0 Å². The van der Waals surface area contributed by atoms with Gasteiger partial charge in [-0.05, 0) is 30.2 Å². The van der Waals surface area contributed by atoms with Crippen molar-refractivity contribution >= 4 is 17.0 Å². The molecule has 1 aromatic carbocycles. The molecule has 0 aliphatic carbocycles. The first-order valence-electron chi connectivity index (χ1n) is 4.41. The second-order valence-electron chi connectivity index (χ2n) is 3.22. The molecule has 4 heteroatoms. The Morgan fingerprint density at radius 2 is 2.27 bits per heavy atom. The number of H-pyrrole nitrogens is 1. The van der Waals surface area contributed by atoms with Gasteiger partial charge in [0.05, 0.1) is 4.92 Å². The lowest BCUT2D eigenvalue weighted by Crippen LogP contribution is -1.84. The van der Waals surface area contributed by atoms with Crippen LogP contribution in [0.4, 0.5) is 0 Å². The van der Waals surface area contributed by atoms with Crippen LogP contribution < -0.4 is 0 Å². The van der Waals surface area contributed by atoms with Gasteiger partial charge in [-0.1, -0.05) is 6.07 Å². The molecule has 2 aromatic rings. The first kappa shape index (κ1) is 9.45. The molecule has 1 heterocycles. The van der Waals surface area contributed by atoms with Crippen LogP contribution in [-0.4, -0.2) is 9.91 Å². The van der Waals surface area contributed by atoms with E-state index in [9.17, 15) is 10.1 Å². The molecule has 0 amide bonds. The van der Waals surface area contributed by atoms with Crippen LogP contribution >= 0.6 is 0 Å². The van der Waals surface area contributed by atoms with Gasteiger partial charge in [-0.15, -0.1) is 0 Å². The Morgan fingerprint density at radius 1 is 1.47 bits per heavy atom. The monoisotopic (exact) mass is 201 g/mol. The van der Waals surface area contributed by atoms with Crippen molar-refractivity contribution in [1.82, 2.24) is 4.98 Å². The number of nitro groups is 1. The Morgan fingerprint density at radius 3 is 3.00 bits per heavy atom. The largest absolute Gasteiger partial charge is 0.361 e. The van der Waals surface area contributed by atoms with Gasteiger partial charge in [-0.3, -0.25) is 10.1 Å². The van der Waals surface area contributed by atoms with Crippen molar-refractivity contribution < 1.29 is 4.92 Å². The first-order chi connectivity index (χ1) is 7.16. The molecule has 0 aliphatic rings. The smallest absolute Gasteiger partial charge is 0.235 e. The number of nitrogens with zero attached hydrogens (tertiary/aromatic N) is 1. The fraction of sp³-hybridized carbons (Fsp3) is 0. The highest BCUT2D eigenvalue weighted by Gasteiger charge is 2.00. The fourth-order valence-electron chi connectivity index (χ4n) is 1.51. The molecule has 0 saturated heterocycles. The third-order valence-corrected chi connectivity index (χ3v) is 2.17. The van der Waals surface area contributed by atoms with Gasteiger partial charge < -0.3 is 4.98 Å². The van der Waals surface area contributed by atoms with E-state index in [0.29, 0.717) is 0 Å². The summed E-state index contributed by atoms with van der Waals surface area (Å²) in [6.45, 7) is 3.88. The summed E-state index contributed by atoms with van der Waals surface area (Å²) < 4.78 is 0. The summed E-state index contributed by atoms with van der Waals surface area (Å²) in [5.41, 5.74) is 2.56. The maximum absolute atomic E-state index is 10.2. The maximum Gasteiger partial charge on any atom is 0.235 e. The third kappa shape index (κ3) is 1.88. The van der Waals surface area contributed by atoms with Crippen LogP contribution in [0.1, 0.15) is 11.1 Å². The van der Waals surface area contributed by atoms with Crippen molar-refractivity contribution in [1.29, 1.82) is 0 Å². The fourth-order valence-corrected chi connectivity index (χ4v) is 1.51. The molecule has 75 valence electrons. The van der Waals surface area contributed by atoms with Gasteiger partial charge in [0, 0.05) is 23.2 Å². The molecule has 0 aliphatic heterocycles. The SMILES string of the molecule is [CH2]c1cc(/C=C/[N+](=O)[O-])cc2[nH]ccc12. The summed E-state index contributed by atoms with van der Waals surface area (Å²) in [7, 11) is 0. The zero-order valence-corrected chi connectivity index (χ0v) is 7.93. The average molecular weight is 201 g/mol. The molecule has 4 nitrogen and oxygen atoms in total. The Bertz CT molecular complexity index is 541. The van der Waals surface area contributed by atoms with Crippen molar-refractivity contribution in [3.63, 3.8) is 0 Å². The third-order valence-electron chi connectivity index (χ3n) is 2.17. The Kier molecular flexibility index (Phi) is 2.25. The first-order valence-corrected chi connectivity index (χ1v) is 4.41. The van der Waals surface area contributed by atoms with Crippen LogP contribution in [0.3, 0.4) is 0 Å². The molecule has 15 heavy (non-hydrogen) atoms. The van der Waals surface area contributed by atoms with Crippen molar-refractivity contribution in [2.75, 3.05) is 0 Å². The van der Waals surface area contributed by atoms with E-state index in [4.69, 9.17) is 0 Å². The minimum absolute atomic E-state index is 0.484. The van der Waals surface area contributed by atoms with E-state index < -0.39 is 4.92 Å². The van der Waals surface area contributed by atoms with Crippen molar-refractivity contribution in [3.8, 4) is 0 Å². The van der Waals surface area contributed by atoms with Gasteiger partial charge in [0.2, 0.25) is 6.20 Å². The van der Waals surface area contributed by atoms with Gasteiger partial charge in [-0.2, -0.15) is 0 Å². The summed E-state index contributed by atoms with van der Waals surface area (Å²) >= 11 is 0. The highest BCUT2D eigenvalue weighted by molar-refractivity contribution is 5.85. The number of rotatable bonds is 2. The lowest BCUT2D eigenvalue weighted by atomic mass is 10.1. The van der Waals surface area contributed by atoms with E-state index in [1.165, 1.54) is 6.08 Å². The number of hydrogen-bond acceptors (Lipinski definition) is 2. The van der Waals surface area contributed by atoms with E-state index in [1.807, 2.05) is 24.4 Å². The number of aromatic amines is 1. The van der Waals surface area contributed by atoms with Crippen LogP contribution in [0.2, 0.25) is 0 Å². The second kappa shape index (κ2) is 3.57. The van der Waals surface area contributed by atoms with Crippen LogP contribution in [0.15, 0.2) is 30.6 Å². The summed E-state index contributed by atoms with van der Waals surface area (Å²) in [4.78, 5) is 12.7. The average Bonchev–Trinajstić information content (AvgIpc) is 2.63. The molecule has 0 bridgehead atoms. The molecule has 0 atom stereocenters. The van der Waals surface area contributed by atoms with Gasteiger partial charge in [0.15, 0.2) is 0 Å². The zero-order valence-electron chi connectivity index (χ0n) is 7.93. The number of nitrogens with one attached hydrogen (secondary N) is 1. The van der Waals surface area contributed by atoms with Crippen LogP contribution in [0.5, 0.6) is 0 Å². The lowest BCUT2D eigenvalue weighted by Gasteiger charge is -1.98. The maximum atomic E-state index is 10.2. The molecule has 1 N–H and O–H groups in total.